The molecule has 1 aromatic rings. The molecule has 0 bridgehead atoms. The lowest BCUT2D eigenvalue weighted by molar-refractivity contribution is -0.137. The molecule has 1 fully saturated rings. The van der Waals surface area contributed by atoms with Crippen molar-refractivity contribution >= 4 is 23.5 Å². The van der Waals surface area contributed by atoms with Gasteiger partial charge >= 0.3 is 5.97 Å². The molecule has 1 N–H and O–H groups in total. The van der Waals surface area contributed by atoms with Crippen LogP contribution in [0.1, 0.15) is 36.0 Å². The maximum absolute atomic E-state index is 13.3. The van der Waals surface area contributed by atoms with Crippen LogP contribution in [-0.4, -0.2) is 35.0 Å². The van der Waals surface area contributed by atoms with E-state index in [0.29, 0.717) is 19.5 Å². The third-order valence-corrected chi connectivity index (χ3v) is 4.13. The second-order valence-electron chi connectivity index (χ2n) is 5.44. The summed E-state index contributed by atoms with van der Waals surface area (Å²) < 4.78 is 26.4. The maximum Gasteiger partial charge on any atom is 0.303 e. The highest BCUT2D eigenvalue weighted by molar-refractivity contribution is 6.33. The highest BCUT2D eigenvalue weighted by atomic mass is 35.5. The Bertz CT molecular complexity index is 594. The molecule has 7 heteroatoms. The van der Waals surface area contributed by atoms with E-state index >= 15 is 0 Å². The normalized spacial score (nSPS) is 18.3. The first-order valence-electron chi connectivity index (χ1n) is 7.04. The van der Waals surface area contributed by atoms with E-state index in [1.807, 2.05) is 0 Å². The van der Waals surface area contributed by atoms with Gasteiger partial charge in [-0.05, 0) is 37.3 Å². The highest BCUT2D eigenvalue weighted by Gasteiger charge is 2.26. The first-order chi connectivity index (χ1) is 10.4. The van der Waals surface area contributed by atoms with E-state index < -0.39 is 23.5 Å². The Morgan fingerprint density at radius 2 is 2.00 bits per heavy atom. The molecule has 0 aromatic heterocycles. The average Bonchev–Trinajstić information content (AvgIpc) is 2.48. The topological polar surface area (TPSA) is 57.6 Å². The first-order valence-corrected chi connectivity index (χ1v) is 7.42. The summed E-state index contributed by atoms with van der Waals surface area (Å²) in [5, 5.41) is 8.59. The number of nitrogens with zero attached hydrogens (tertiary/aromatic N) is 1. The summed E-state index contributed by atoms with van der Waals surface area (Å²) >= 11 is 5.82. The summed E-state index contributed by atoms with van der Waals surface area (Å²) in [5.74, 6) is -3.44. The van der Waals surface area contributed by atoms with Crippen LogP contribution in [0.25, 0.3) is 0 Å². The Hall–Kier alpha value is -1.69. The van der Waals surface area contributed by atoms with Gasteiger partial charge in [0, 0.05) is 19.5 Å². The molecule has 4 nitrogen and oxygen atoms in total. The molecule has 1 aliphatic heterocycles. The van der Waals surface area contributed by atoms with Crippen LogP contribution in [-0.2, 0) is 4.79 Å². The number of halogens is 3. The van der Waals surface area contributed by atoms with Crippen LogP contribution in [0.3, 0.4) is 0 Å². The van der Waals surface area contributed by atoms with Crippen molar-refractivity contribution in [3.05, 3.63) is 34.4 Å². The molecule has 1 atom stereocenters. The fraction of sp³-hybridized carbons (Fsp3) is 0.467. The van der Waals surface area contributed by atoms with Crippen LogP contribution < -0.4 is 0 Å². The molecule has 1 aliphatic rings. The molecule has 120 valence electrons. The quantitative estimate of drug-likeness (QED) is 0.861. The molecule has 1 unspecified atom stereocenters. The van der Waals surface area contributed by atoms with Gasteiger partial charge in [-0.1, -0.05) is 11.6 Å². The lowest BCUT2D eigenvalue weighted by atomic mass is 9.93. The molecule has 0 aliphatic carbocycles. The average molecular weight is 332 g/mol. The first kappa shape index (κ1) is 16.7. The summed E-state index contributed by atoms with van der Waals surface area (Å²) in [4.78, 5) is 24.5. The number of hydrogen-bond donors (Lipinski definition) is 1. The van der Waals surface area contributed by atoms with E-state index in [9.17, 15) is 18.4 Å². The van der Waals surface area contributed by atoms with Crippen molar-refractivity contribution in [2.75, 3.05) is 13.1 Å². The van der Waals surface area contributed by atoms with Gasteiger partial charge in [-0.15, -0.1) is 0 Å². The summed E-state index contributed by atoms with van der Waals surface area (Å²) in [7, 11) is 0. The third kappa shape index (κ3) is 3.94. The van der Waals surface area contributed by atoms with E-state index in [2.05, 4.69) is 0 Å². The van der Waals surface area contributed by atoms with Crippen molar-refractivity contribution in [1.29, 1.82) is 0 Å². The minimum Gasteiger partial charge on any atom is -0.481 e. The van der Waals surface area contributed by atoms with Crippen molar-refractivity contribution in [1.82, 2.24) is 4.90 Å². The van der Waals surface area contributed by atoms with Gasteiger partial charge in [0.25, 0.3) is 5.91 Å². The second kappa shape index (κ2) is 7.05. The zero-order valence-electron chi connectivity index (χ0n) is 11.8. The number of piperidine rings is 1. The number of rotatable bonds is 4. The number of amides is 1. The minimum absolute atomic E-state index is 0.0542. The lowest BCUT2D eigenvalue weighted by Crippen LogP contribution is -2.40. The highest BCUT2D eigenvalue weighted by Crippen LogP contribution is 2.26. The zero-order chi connectivity index (χ0) is 16.3. The Balaban J connectivity index is 2.09. The molecule has 0 radical (unpaired) electrons. The van der Waals surface area contributed by atoms with Crippen molar-refractivity contribution in [2.24, 2.45) is 5.92 Å². The lowest BCUT2D eigenvalue weighted by Gasteiger charge is -2.33. The molecule has 1 heterocycles. The predicted molar refractivity (Wildman–Crippen MR) is 76.9 cm³/mol. The van der Waals surface area contributed by atoms with Gasteiger partial charge in [0.2, 0.25) is 0 Å². The molecule has 2 rings (SSSR count). The van der Waals surface area contributed by atoms with Crippen LogP contribution in [0.4, 0.5) is 8.78 Å². The molecule has 0 spiro atoms. The number of benzene rings is 1. The van der Waals surface area contributed by atoms with Gasteiger partial charge in [0.1, 0.15) is 0 Å². The van der Waals surface area contributed by atoms with E-state index in [0.717, 1.165) is 25.0 Å². The second-order valence-corrected chi connectivity index (χ2v) is 5.85. The van der Waals surface area contributed by atoms with Gasteiger partial charge in [0.05, 0.1) is 10.6 Å². The van der Waals surface area contributed by atoms with Gasteiger partial charge in [-0.2, -0.15) is 0 Å². The number of carboxylic acid groups (broad SMARTS) is 1. The van der Waals surface area contributed by atoms with E-state index in [1.54, 1.807) is 0 Å². The summed E-state index contributed by atoms with van der Waals surface area (Å²) in [6, 6.07) is 1.59. The number of aliphatic carboxylic acids is 1. The molecular formula is C15H16ClF2NO3. The largest absolute Gasteiger partial charge is 0.481 e. The smallest absolute Gasteiger partial charge is 0.303 e. The molecular weight excluding hydrogens is 316 g/mol. The van der Waals surface area contributed by atoms with Crippen LogP contribution in [0.5, 0.6) is 0 Å². The van der Waals surface area contributed by atoms with Gasteiger partial charge in [-0.25, -0.2) is 8.78 Å². The minimum atomic E-state index is -1.12. The Morgan fingerprint density at radius 1 is 1.32 bits per heavy atom. The Labute approximate surface area is 131 Å². The Morgan fingerprint density at radius 3 is 2.68 bits per heavy atom. The number of carboxylic acids is 1. The molecule has 1 amide bonds. The Kier molecular flexibility index (Phi) is 5.34. The third-order valence-electron chi connectivity index (χ3n) is 3.81. The molecule has 22 heavy (non-hydrogen) atoms. The number of likely N-dealkylation sites (tertiary alicyclic amines) is 1. The van der Waals surface area contributed by atoms with Gasteiger partial charge in [0.15, 0.2) is 11.6 Å². The van der Waals surface area contributed by atoms with Crippen LogP contribution in [0.15, 0.2) is 12.1 Å². The van der Waals surface area contributed by atoms with E-state index in [4.69, 9.17) is 16.7 Å². The van der Waals surface area contributed by atoms with Crippen molar-refractivity contribution in [2.45, 2.75) is 25.7 Å². The fourth-order valence-electron chi connectivity index (χ4n) is 2.67. The monoisotopic (exact) mass is 331 g/mol. The number of carbonyl (C=O) groups excluding carboxylic acids is 1. The molecule has 1 saturated heterocycles. The number of carbonyl (C=O) groups is 2. The summed E-state index contributed by atoms with van der Waals surface area (Å²) in [5.41, 5.74) is -0.0700. The van der Waals surface area contributed by atoms with E-state index in [-0.39, 0.29) is 22.9 Å². The summed E-state index contributed by atoms with van der Waals surface area (Å²) in [6.07, 6.45) is 2.14. The van der Waals surface area contributed by atoms with Crippen molar-refractivity contribution < 1.29 is 23.5 Å². The zero-order valence-corrected chi connectivity index (χ0v) is 12.6. The van der Waals surface area contributed by atoms with Crippen molar-refractivity contribution in [3.63, 3.8) is 0 Å². The van der Waals surface area contributed by atoms with E-state index in [1.165, 1.54) is 4.90 Å². The number of hydrogen-bond acceptors (Lipinski definition) is 2. The van der Waals surface area contributed by atoms with Crippen LogP contribution in [0, 0.1) is 17.6 Å². The van der Waals surface area contributed by atoms with Crippen molar-refractivity contribution in [3.8, 4) is 0 Å². The standard InChI is InChI=1S/C15H16ClF2NO3/c16-11-7-13(18)12(17)6-10(11)15(22)19-5-1-2-9(8-19)3-4-14(20)21/h6-7,9H,1-5,8H2,(H,20,21). The maximum atomic E-state index is 13.3. The van der Waals surface area contributed by atoms with Gasteiger partial charge < -0.3 is 10.0 Å². The summed E-state index contributed by atoms with van der Waals surface area (Å²) in [6.45, 7) is 0.902. The predicted octanol–water partition coefficient (Wildman–Crippen LogP) is 3.34. The van der Waals surface area contributed by atoms with Crippen LogP contribution in [0.2, 0.25) is 5.02 Å². The van der Waals surface area contributed by atoms with Gasteiger partial charge in [-0.3, -0.25) is 9.59 Å². The molecule has 0 saturated carbocycles. The SMILES string of the molecule is O=C(O)CCC1CCCN(C(=O)c2cc(F)c(F)cc2Cl)C1. The fourth-order valence-corrected chi connectivity index (χ4v) is 2.90. The molecule has 1 aromatic carbocycles. The van der Waals surface area contributed by atoms with Crippen LogP contribution >= 0.6 is 11.6 Å².